The smallest absolute Gasteiger partial charge is 0.269 e. The number of pyridine rings is 1. The highest BCUT2D eigenvalue weighted by Crippen LogP contribution is 2.35. The van der Waals surface area contributed by atoms with Gasteiger partial charge in [-0.3, -0.25) is 4.79 Å². The summed E-state index contributed by atoms with van der Waals surface area (Å²) in [5.74, 6) is 2.32. The van der Waals surface area contributed by atoms with Crippen LogP contribution in [0.3, 0.4) is 0 Å². The van der Waals surface area contributed by atoms with Crippen molar-refractivity contribution < 1.29 is 4.79 Å². The maximum absolute atomic E-state index is 12.0. The number of terminal acetylenes is 1. The summed E-state index contributed by atoms with van der Waals surface area (Å²) in [6.07, 6.45) is 10.2. The minimum atomic E-state index is -0.392. The van der Waals surface area contributed by atoms with Crippen LogP contribution in [0.25, 0.3) is 5.69 Å². The lowest BCUT2D eigenvalue weighted by atomic mass is 10.0. The average Bonchev–Trinajstić information content (AvgIpc) is 3.13. The first-order chi connectivity index (χ1) is 11.2. The molecule has 9 heteroatoms. The molecule has 0 saturated heterocycles. The number of carbonyl (C=O) groups excluding carboxylic acids is 1. The molecule has 0 fully saturated rings. The molecule has 23 heavy (non-hydrogen) atoms. The van der Waals surface area contributed by atoms with Gasteiger partial charge in [-0.25, -0.2) is 4.98 Å². The number of hydrogen-bond donors (Lipinski definition) is 1. The molecule has 0 saturated carbocycles. The Morgan fingerprint density at radius 1 is 1.35 bits per heavy atom. The Morgan fingerprint density at radius 2 is 2.22 bits per heavy atom. The summed E-state index contributed by atoms with van der Waals surface area (Å²) in [4.78, 5) is 16.2. The highest BCUT2D eigenvalue weighted by molar-refractivity contribution is 5.92. The predicted octanol–water partition coefficient (Wildman–Crippen LogP) is 0.753. The summed E-state index contributed by atoms with van der Waals surface area (Å²) < 4.78 is 1.46. The summed E-state index contributed by atoms with van der Waals surface area (Å²) in [5, 5.41) is 21.7. The molecule has 0 aliphatic carbocycles. The standard InChI is InChI=1S/C14H14N8O/c1-2-3-6-14(18-19-14)7-8-15-13(23)12-5-4-11(9-16-12)22-10-17-20-21-22/h1,4-5,9-10H,3,6-8H2,(H,15,23). The first-order valence-electron chi connectivity index (χ1n) is 7.08. The van der Waals surface area contributed by atoms with Crippen molar-refractivity contribution in [2.24, 2.45) is 10.2 Å². The van der Waals surface area contributed by atoms with Gasteiger partial charge in [-0.15, -0.1) is 17.4 Å². The van der Waals surface area contributed by atoms with Crippen molar-refractivity contribution in [1.82, 2.24) is 30.5 Å². The first kappa shape index (κ1) is 14.8. The number of nitrogens with one attached hydrogen (secondary N) is 1. The van der Waals surface area contributed by atoms with E-state index in [9.17, 15) is 4.79 Å². The molecule has 2 aromatic rings. The molecule has 2 aromatic heterocycles. The summed E-state index contributed by atoms with van der Waals surface area (Å²) in [6, 6.07) is 3.34. The van der Waals surface area contributed by atoms with E-state index >= 15 is 0 Å². The number of hydrogen-bond acceptors (Lipinski definition) is 7. The number of amides is 1. The fourth-order valence-electron chi connectivity index (χ4n) is 2.07. The van der Waals surface area contributed by atoms with Crippen LogP contribution in [-0.4, -0.2) is 43.3 Å². The topological polar surface area (TPSA) is 110 Å². The average molecular weight is 310 g/mol. The quantitative estimate of drug-likeness (QED) is 0.759. The highest BCUT2D eigenvalue weighted by atomic mass is 16.1. The fraction of sp³-hybridized carbons (Fsp3) is 0.357. The Bertz CT molecular complexity index is 738. The molecule has 3 heterocycles. The van der Waals surface area contributed by atoms with Crippen LogP contribution >= 0.6 is 0 Å². The third kappa shape index (κ3) is 3.55. The third-order valence-corrected chi connectivity index (χ3v) is 3.46. The monoisotopic (exact) mass is 310 g/mol. The lowest BCUT2D eigenvalue weighted by molar-refractivity contribution is 0.0947. The zero-order valence-electron chi connectivity index (χ0n) is 12.3. The van der Waals surface area contributed by atoms with Gasteiger partial charge in [0.1, 0.15) is 12.0 Å². The molecule has 3 rings (SSSR count). The van der Waals surface area contributed by atoms with E-state index in [1.165, 1.54) is 17.2 Å². The van der Waals surface area contributed by atoms with Gasteiger partial charge in [0.25, 0.3) is 5.91 Å². The Morgan fingerprint density at radius 3 is 2.83 bits per heavy atom. The van der Waals surface area contributed by atoms with Crippen LogP contribution in [0.4, 0.5) is 0 Å². The van der Waals surface area contributed by atoms with Crippen LogP contribution in [0.1, 0.15) is 29.8 Å². The summed E-state index contributed by atoms with van der Waals surface area (Å²) >= 11 is 0. The molecule has 1 N–H and O–H groups in total. The van der Waals surface area contributed by atoms with E-state index < -0.39 is 5.66 Å². The Kier molecular flexibility index (Phi) is 4.05. The van der Waals surface area contributed by atoms with E-state index in [2.05, 4.69) is 42.0 Å². The van der Waals surface area contributed by atoms with Crippen LogP contribution in [0.15, 0.2) is 34.9 Å². The number of aromatic nitrogens is 5. The SMILES string of the molecule is C#CCCC1(CCNC(=O)c2ccc(-n3cnnn3)cn2)N=N1. The fourth-order valence-corrected chi connectivity index (χ4v) is 2.07. The van der Waals surface area contributed by atoms with Gasteiger partial charge in [0.2, 0.25) is 0 Å². The Labute approximate surface area is 132 Å². The number of tetrazole rings is 1. The molecule has 1 aliphatic rings. The van der Waals surface area contributed by atoms with Crippen molar-refractivity contribution in [3.05, 3.63) is 30.4 Å². The molecule has 0 bridgehead atoms. The third-order valence-electron chi connectivity index (χ3n) is 3.46. The maximum Gasteiger partial charge on any atom is 0.269 e. The van der Waals surface area contributed by atoms with Gasteiger partial charge in [-0.2, -0.15) is 14.9 Å². The zero-order chi connectivity index (χ0) is 16.1. The normalized spacial score (nSPS) is 14.2. The van der Waals surface area contributed by atoms with Gasteiger partial charge in [0.15, 0.2) is 5.66 Å². The van der Waals surface area contributed by atoms with Crippen molar-refractivity contribution in [3.8, 4) is 18.0 Å². The molecule has 116 valence electrons. The van der Waals surface area contributed by atoms with Crippen LogP contribution < -0.4 is 5.32 Å². The van der Waals surface area contributed by atoms with Gasteiger partial charge in [-0.05, 0) is 22.6 Å². The Hall–Kier alpha value is -3.15. The van der Waals surface area contributed by atoms with Gasteiger partial charge in [0.05, 0.1) is 11.9 Å². The first-order valence-corrected chi connectivity index (χ1v) is 7.08. The summed E-state index contributed by atoms with van der Waals surface area (Å²) in [6.45, 7) is 0.465. The minimum Gasteiger partial charge on any atom is -0.351 e. The second-order valence-electron chi connectivity index (χ2n) is 5.05. The van der Waals surface area contributed by atoms with Crippen LogP contribution in [0.5, 0.6) is 0 Å². The molecule has 0 spiro atoms. The van der Waals surface area contributed by atoms with E-state index in [1.54, 1.807) is 12.1 Å². The van der Waals surface area contributed by atoms with E-state index in [4.69, 9.17) is 6.42 Å². The van der Waals surface area contributed by atoms with E-state index in [-0.39, 0.29) is 5.91 Å². The van der Waals surface area contributed by atoms with Gasteiger partial charge < -0.3 is 5.32 Å². The minimum absolute atomic E-state index is 0.249. The van der Waals surface area contributed by atoms with Crippen molar-refractivity contribution >= 4 is 5.91 Å². The van der Waals surface area contributed by atoms with E-state index in [1.807, 2.05) is 0 Å². The van der Waals surface area contributed by atoms with Crippen LogP contribution in [0, 0.1) is 12.3 Å². The summed E-state index contributed by atoms with van der Waals surface area (Å²) in [7, 11) is 0. The van der Waals surface area contributed by atoms with Crippen LogP contribution in [-0.2, 0) is 0 Å². The number of rotatable bonds is 7. The number of carbonyl (C=O) groups is 1. The molecule has 1 aliphatic heterocycles. The molecule has 0 aromatic carbocycles. The van der Waals surface area contributed by atoms with Crippen LogP contribution in [0.2, 0.25) is 0 Å². The highest BCUT2D eigenvalue weighted by Gasteiger charge is 2.38. The van der Waals surface area contributed by atoms with Crippen molar-refractivity contribution in [2.75, 3.05) is 6.54 Å². The maximum atomic E-state index is 12.0. The molecular formula is C14H14N8O. The zero-order valence-corrected chi connectivity index (χ0v) is 12.3. The predicted molar refractivity (Wildman–Crippen MR) is 79.6 cm³/mol. The van der Waals surface area contributed by atoms with Gasteiger partial charge in [-0.1, -0.05) is 0 Å². The van der Waals surface area contributed by atoms with E-state index in [0.29, 0.717) is 30.8 Å². The van der Waals surface area contributed by atoms with Crippen molar-refractivity contribution in [3.63, 3.8) is 0 Å². The Balaban J connectivity index is 1.50. The molecule has 9 nitrogen and oxygen atoms in total. The van der Waals surface area contributed by atoms with Crippen molar-refractivity contribution in [2.45, 2.75) is 24.9 Å². The molecule has 0 atom stereocenters. The second kappa shape index (κ2) is 6.31. The van der Waals surface area contributed by atoms with Crippen molar-refractivity contribution in [1.29, 1.82) is 0 Å². The largest absolute Gasteiger partial charge is 0.351 e. The molecule has 0 unspecified atom stereocenters. The summed E-state index contributed by atoms with van der Waals surface area (Å²) in [5.41, 5.74) is 0.608. The second-order valence-corrected chi connectivity index (χ2v) is 5.05. The molecule has 0 radical (unpaired) electrons. The van der Waals surface area contributed by atoms with Gasteiger partial charge >= 0.3 is 0 Å². The lowest BCUT2D eigenvalue weighted by Crippen LogP contribution is -2.28. The van der Waals surface area contributed by atoms with E-state index in [0.717, 1.165) is 6.42 Å². The van der Waals surface area contributed by atoms with Gasteiger partial charge in [0, 0.05) is 25.8 Å². The molecular weight excluding hydrogens is 296 g/mol. The lowest BCUT2D eigenvalue weighted by Gasteiger charge is -2.09. The number of nitrogens with zero attached hydrogens (tertiary/aromatic N) is 7. The molecule has 1 amide bonds.